The molecule has 146 valence electrons. The molecule has 0 aromatic heterocycles. The molecule has 0 spiro atoms. The second-order valence-electron chi connectivity index (χ2n) is 7.50. The first-order valence-electron chi connectivity index (χ1n) is 10.2. The van der Waals surface area contributed by atoms with Gasteiger partial charge < -0.3 is 20.3 Å². The topological polar surface area (TPSA) is 52.1 Å². The third-order valence-corrected chi connectivity index (χ3v) is 5.42. The van der Waals surface area contributed by atoms with Crippen LogP contribution < -0.4 is 10.6 Å². The maximum Gasteiger partial charge on any atom is 0.191 e. The summed E-state index contributed by atoms with van der Waals surface area (Å²) in [7, 11) is 1.85. The lowest BCUT2D eigenvalue weighted by Gasteiger charge is -2.38. The number of ether oxygens (including phenoxy) is 1. The fraction of sp³-hybridized carbons (Fsp3) is 0.947. The van der Waals surface area contributed by atoms with Crippen LogP contribution in [0.1, 0.15) is 46.0 Å². The Hall–Kier alpha value is -0.850. The summed E-state index contributed by atoms with van der Waals surface area (Å²) in [6, 6.07) is 0.976. The van der Waals surface area contributed by atoms with Crippen molar-refractivity contribution in [3.05, 3.63) is 0 Å². The van der Waals surface area contributed by atoms with E-state index in [0.29, 0.717) is 12.1 Å². The van der Waals surface area contributed by atoms with Gasteiger partial charge in [-0.15, -0.1) is 0 Å². The van der Waals surface area contributed by atoms with Crippen LogP contribution in [0.2, 0.25) is 0 Å². The first-order chi connectivity index (χ1) is 12.2. The van der Waals surface area contributed by atoms with Gasteiger partial charge in [0.25, 0.3) is 0 Å². The monoisotopic (exact) mass is 353 g/mol. The van der Waals surface area contributed by atoms with Gasteiger partial charge in [0.05, 0.1) is 13.2 Å². The largest absolute Gasteiger partial charge is 0.379 e. The van der Waals surface area contributed by atoms with Gasteiger partial charge >= 0.3 is 0 Å². The Morgan fingerprint density at radius 3 is 2.60 bits per heavy atom. The number of aliphatic imine (C=N–C) groups is 1. The highest BCUT2D eigenvalue weighted by Gasteiger charge is 2.23. The molecule has 2 saturated heterocycles. The zero-order valence-corrected chi connectivity index (χ0v) is 16.6. The number of likely N-dealkylation sites (tertiary alicyclic amines) is 1. The van der Waals surface area contributed by atoms with Gasteiger partial charge in [-0.25, -0.2) is 0 Å². The van der Waals surface area contributed by atoms with E-state index in [-0.39, 0.29) is 0 Å². The lowest BCUT2D eigenvalue weighted by Crippen LogP contribution is -2.53. The van der Waals surface area contributed by atoms with Crippen LogP contribution in [0.25, 0.3) is 0 Å². The van der Waals surface area contributed by atoms with E-state index >= 15 is 0 Å². The van der Waals surface area contributed by atoms with Crippen molar-refractivity contribution in [3.63, 3.8) is 0 Å². The molecule has 0 aromatic carbocycles. The number of rotatable bonds is 7. The lowest BCUT2D eigenvalue weighted by atomic mass is 10.2. The highest BCUT2D eigenvalue weighted by Crippen LogP contribution is 2.10. The van der Waals surface area contributed by atoms with Gasteiger partial charge in [0, 0.05) is 38.8 Å². The molecule has 0 aromatic rings. The van der Waals surface area contributed by atoms with Crippen LogP contribution in [0, 0.1) is 0 Å². The van der Waals surface area contributed by atoms with Crippen molar-refractivity contribution >= 4 is 5.96 Å². The van der Waals surface area contributed by atoms with Crippen LogP contribution >= 0.6 is 0 Å². The van der Waals surface area contributed by atoms with Crippen molar-refractivity contribution in [2.45, 2.75) is 58.0 Å². The fourth-order valence-corrected chi connectivity index (χ4v) is 3.85. The molecule has 2 heterocycles. The SMILES string of the molecule is CN=C(NCCCN1CCCCCC1)NCC(C)N1CCOCC1C. The van der Waals surface area contributed by atoms with Crippen molar-refractivity contribution in [1.82, 2.24) is 20.4 Å². The summed E-state index contributed by atoms with van der Waals surface area (Å²) in [5, 5.41) is 6.94. The minimum Gasteiger partial charge on any atom is -0.379 e. The van der Waals surface area contributed by atoms with Gasteiger partial charge in [0.15, 0.2) is 5.96 Å². The predicted octanol–water partition coefficient (Wildman–Crippen LogP) is 1.53. The molecule has 0 saturated carbocycles. The first-order valence-corrected chi connectivity index (χ1v) is 10.2. The van der Waals surface area contributed by atoms with Crippen LogP contribution in [0.5, 0.6) is 0 Å². The first kappa shape index (κ1) is 20.5. The Morgan fingerprint density at radius 2 is 1.92 bits per heavy atom. The van der Waals surface area contributed by atoms with Crippen LogP contribution in [0.3, 0.4) is 0 Å². The van der Waals surface area contributed by atoms with Crippen molar-refractivity contribution in [2.75, 3.05) is 59.5 Å². The molecule has 25 heavy (non-hydrogen) atoms. The lowest BCUT2D eigenvalue weighted by molar-refractivity contribution is -0.0174. The van der Waals surface area contributed by atoms with Gasteiger partial charge in [-0.3, -0.25) is 9.89 Å². The van der Waals surface area contributed by atoms with Crippen molar-refractivity contribution in [2.24, 2.45) is 4.99 Å². The highest BCUT2D eigenvalue weighted by atomic mass is 16.5. The van der Waals surface area contributed by atoms with Gasteiger partial charge in [0.1, 0.15) is 0 Å². The minimum atomic E-state index is 0.481. The standard InChI is InChI=1S/C19H39N5O/c1-17(24-13-14-25-16-18(24)2)15-22-19(20-3)21-9-8-12-23-10-6-4-5-7-11-23/h17-18H,4-16H2,1-3H3,(H2,20,21,22). The minimum absolute atomic E-state index is 0.481. The van der Waals surface area contributed by atoms with Crippen molar-refractivity contribution < 1.29 is 4.74 Å². The number of hydrogen-bond donors (Lipinski definition) is 2. The van der Waals surface area contributed by atoms with E-state index in [1.54, 1.807) is 0 Å². The summed E-state index contributed by atoms with van der Waals surface area (Å²) >= 11 is 0. The fourth-order valence-electron chi connectivity index (χ4n) is 3.85. The Labute approximate surface area is 154 Å². The van der Waals surface area contributed by atoms with Gasteiger partial charge in [-0.05, 0) is 52.7 Å². The average molecular weight is 354 g/mol. The molecule has 2 atom stereocenters. The molecule has 2 rings (SSSR count). The highest BCUT2D eigenvalue weighted by molar-refractivity contribution is 5.79. The Kier molecular flexibility index (Phi) is 9.58. The summed E-state index contributed by atoms with van der Waals surface area (Å²) in [4.78, 5) is 9.50. The van der Waals surface area contributed by atoms with Crippen LogP contribution in [0.4, 0.5) is 0 Å². The summed E-state index contributed by atoms with van der Waals surface area (Å²) in [6.07, 6.45) is 6.73. The molecule has 2 aliphatic heterocycles. The number of nitrogens with one attached hydrogen (secondary N) is 2. The molecular weight excluding hydrogens is 314 g/mol. The zero-order valence-electron chi connectivity index (χ0n) is 16.6. The van der Waals surface area contributed by atoms with E-state index in [4.69, 9.17) is 4.74 Å². The molecule has 0 bridgehead atoms. The quantitative estimate of drug-likeness (QED) is 0.413. The molecule has 0 radical (unpaired) electrons. The number of nitrogens with zero attached hydrogens (tertiary/aromatic N) is 3. The molecule has 2 aliphatic rings. The molecule has 0 aliphatic carbocycles. The van der Waals surface area contributed by atoms with E-state index in [1.165, 1.54) is 51.7 Å². The molecule has 0 amide bonds. The molecular formula is C19H39N5O. The number of morpholine rings is 1. The molecule has 6 nitrogen and oxygen atoms in total. The predicted molar refractivity (Wildman–Crippen MR) is 105 cm³/mol. The number of guanidine groups is 1. The summed E-state index contributed by atoms with van der Waals surface area (Å²) < 4.78 is 5.53. The molecule has 6 heteroatoms. The Morgan fingerprint density at radius 1 is 1.16 bits per heavy atom. The molecule has 2 N–H and O–H groups in total. The van der Waals surface area contributed by atoms with E-state index < -0.39 is 0 Å². The summed E-state index contributed by atoms with van der Waals surface area (Å²) in [5.41, 5.74) is 0. The average Bonchev–Trinajstić information content (AvgIpc) is 2.90. The summed E-state index contributed by atoms with van der Waals surface area (Å²) in [5.74, 6) is 0.920. The Balaban J connectivity index is 1.59. The van der Waals surface area contributed by atoms with Crippen molar-refractivity contribution in [1.29, 1.82) is 0 Å². The van der Waals surface area contributed by atoms with Crippen molar-refractivity contribution in [3.8, 4) is 0 Å². The maximum absolute atomic E-state index is 5.53. The number of hydrogen-bond acceptors (Lipinski definition) is 4. The van der Waals surface area contributed by atoms with Crippen LogP contribution in [-0.2, 0) is 4.74 Å². The molecule has 2 fully saturated rings. The van der Waals surface area contributed by atoms with Gasteiger partial charge in [0.2, 0.25) is 0 Å². The van der Waals surface area contributed by atoms with E-state index in [0.717, 1.165) is 38.8 Å². The maximum atomic E-state index is 5.53. The van der Waals surface area contributed by atoms with Crippen LogP contribution in [-0.4, -0.2) is 87.4 Å². The Bertz CT molecular complexity index is 382. The second kappa shape index (κ2) is 11.7. The van der Waals surface area contributed by atoms with E-state index in [9.17, 15) is 0 Å². The van der Waals surface area contributed by atoms with E-state index in [1.807, 2.05) is 7.05 Å². The second-order valence-corrected chi connectivity index (χ2v) is 7.50. The normalized spacial score (nSPS) is 25.4. The zero-order chi connectivity index (χ0) is 17.9. The third-order valence-electron chi connectivity index (χ3n) is 5.42. The van der Waals surface area contributed by atoms with Crippen LogP contribution in [0.15, 0.2) is 4.99 Å². The summed E-state index contributed by atoms with van der Waals surface area (Å²) in [6.45, 7) is 12.9. The van der Waals surface area contributed by atoms with Gasteiger partial charge in [-0.1, -0.05) is 12.8 Å². The van der Waals surface area contributed by atoms with E-state index in [2.05, 4.69) is 39.3 Å². The third kappa shape index (κ3) is 7.50. The molecule has 2 unspecified atom stereocenters. The smallest absolute Gasteiger partial charge is 0.191 e. The van der Waals surface area contributed by atoms with Gasteiger partial charge in [-0.2, -0.15) is 0 Å².